The lowest BCUT2D eigenvalue weighted by atomic mass is 9.99. The lowest BCUT2D eigenvalue weighted by molar-refractivity contribution is 0.669. The Hall–Kier alpha value is -6.14. The van der Waals surface area contributed by atoms with Crippen LogP contribution in [0, 0.1) is 0 Å². The van der Waals surface area contributed by atoms with E-state index in [1.165, 1.54) is 0 Å². The highest BCUT2D eigenvalue weighted by Gasteiger charge is 2.17. The minimum atomic E-state index is 0.770. The molecule has 0 unspecified atom stereocenters. The van der Waals surface area contributed by atoms with Crippen LogP contribution in [0.4, 0.5) is 0 Å². The molecule has 0 aliphatic rings. The molecule has 44 heavy (non-hydrogen) atoms. The molecule has 3 aromatic carbocycles. The molecule has 0 aliphatic heterocycles. The van der Waals surface area contributed by atoms with Crippen molar-refractivity contribution in [3.63, 3.8) is 0 Å². The van der Waals surface area contributed by atoms with Gasteiger partial charge in [-0.2, -0.15) is 0 Å². The van der Waals surface area contributed by atoms with E-state index in [2.05, 4.69) is 70.6 Å². The van der Waals surface area contributed by atoms with Gasteiger partial charge >= 0.3 is 0 Å². The lowest BCUT2D eigenvalue weighted by Gasteiger charge is -2.06. The third-order valence-corrected chi connectivity index (χ3v) is 8.20. The standard InChI is InChI=1S/C38H22N4O2/c1-3-27(21-39-15-1)25-9-11-33-31(19-25)35-37(43-33)29(13-17-41-35)23-5-7-24(8-6-23)30-14-18-42-36-32-20-26(28-4-2-16-40-22-28)10-12-34(32)44-38(30)36/h1-22H. The number of nitrogens with zero attached hydrogens (tertiary/aromatic N) is 4. The summed E-state index contributed by atoms with van der Waals surface area (Å²) in [5, 5.41) is 1.96. The van der Waals surface area contributed by atoms with Crippen molar-refractivity contribution in [2.75, 3.05) is 0 Å². The van der Waals surface area contributed by atoms with Crippen LogP contribution in [0.1, 0.15) is 0 Å². The Morgan fingerprint density at radius 1 is 0.409 bits per heavy atom. The maximum atomic E-state index is 6.37. The minimum absolute atomic E-state index is 0.770. The molecule has 6 nitrogen and oxygen atoms in total. The summed E-state index contributed by atoms with van der Waals surface area (Å²) in [4.78, 5) is 17.9. The molecule has 206 valence electrons. The van der Waals surface area contributed by atoms with Crippen LogP contribution in [-0.4, -0.2) is 19.9 Å². The van der Waals surface area contributed by atoms with E-state index in [0.717, 1.165) is 88.6 Å². The van der Waals surface area contributed by atoms with Gasteiger partial charge in [-0.05, 0) is 70.8 Å². The Morgan fingerprint density at radius 3 is 1.30 bits per heavy atom. The van der Waals surface area contributed by atoms with E-state index < -0.39 is 0 Å². The number of hydrogen-bond donors (Lipinski definition) is 0. The Bertz CT molecular complexity index is 2310. The Morgan fingerprint density at radius 2 is 0.864 bits per heavy atom. The fourth-order valence-electron chi connectivity index (χ4n) is 6.02. The number of furan rings is 2. The molecule has 0 bridgehead atoms. The zero-order valence-electron chi connectivity index (χ0n) is 23.3. The summed E-state index contributed by atoms with van der Waals surface area (Å²) < 4.78 is 12.7. The van der Waals surface area contributed by atoms with Crippen LogP contribution < -0.4 is 0 Å². The van der Waals surface area contributed by atoms with Crippen LogP contribution in [0.2, 0.25) is 0 Å². The summed E-state index contributed by atoms with van der Waals surface area (Å²) in [7, 11) is 0. The van der Waals surface area contributed by atoms with Gasteiger partial charge in [-0.25, -0.2) is 0 Å². The van der Waals surface area contributed by atoms with Crippen molar-refractivity contribution in [1.29, 1.82) is 0 Å². The first-order valence-corrected chi connectivity index (χ1v) is 14.3. The van der Waals surface area contributed by atoms with Crippen molar-refractivity contribution in [2.24, 2.45) is 0 Å². The maximum absolute atomic E-state index is 6.37. The van der Waals surface area contributed by atoms with Crippen LogP contribution in [0.25, 0.3) is 88.6 Å². The summed E-state index contributed by atoms with van der Waals surface area (Å²) in [6.45, 7) is 0. The van der Waals surface area contributed by atoms with Gasteiger partial charge in [0, 0.05) is 70.2 Å². The smallest absolute Gasteiger partial charge is 0.161 e. The molecule has 9 rings (SSSR count). The van der Waals surface area contributed by atoms with E-state index in [1.807, 2.05) is 61.2 Å². The van der Waals surface area contributed by atoms with E-state index in [0.29, 0.717) is 0 Å². The molecule has 0 fully saturated rings. The molecule has 6 heteroatoms. The van der Waals surface area contributed by atoms with Gasteiger partial charge < -0.3 is 8.83 Å². The molecular weight excluding hydrogens is 544 g/mol. The highest BCUT2D eigenvalue weighted by Crippen LogP contribution is 2.39. The fourth-order valence-corrected chi connectivity index (χ4v) is 6.02. The molecule has 0 saturated heterocycles. The number of pyridine rings is 4. The second-order valence-electron chi connectivity index (χ2n) is 10.8. The number of rotatable bonds is 4. The normalized spacial score (nSPS) is 11.6. The average molecular weight is 567 g/mol. The maximum Gasteiger partial charge on any atom is 0.161 e. The molecule has 0 radical (unpaired) electrons. The predicted octanol–water partition coefficient (Wildman–Crippen LogP) is 9.73. The second-order valence-corrected chi connectivity index (χ2v) is 10.8. The molecule has 6 aromatic heterocycles. The lowest BCUT2D eigenvalue weighted by Crippen LogP contribution is -1.84. The van der Waals surface area contributed by atoms with Gasteiger partial charge in [0.15, 0.2) is 11.2 Å². The SMILES string of the molecule is c1cncc(-c2ccc3oc4c(-c5ccc(-c6ccnc7c6oc6ccc(-c8cccnc8)cc67)cc5)ccnc4c3c2)c1. The summed E-state index contributed by atoms with van der Waals surface area (Å²) in [5.41, 5.74) is 13.2. The van der Waals surface area contributed by atoms with E-state index in [-0.39, 0.29) is 0 Å². The van der Waals surface area contributed by atoms with E-state index in [4.69, 9.17) is 18.8 Å². The van der Waals surface area contributed by atoms with Gasteiger partial charge in [0.1, 0.15) is 22.2 Å². The van der Waals surface area contributed by atoms with Crippen LogP contribution in [-0.2, 0) is 0 Å². The first-order valence-electron chi connectivity index (χ1n) is 14.3. The number of hydrogen-bond acceptors (Lipinski definition) is 6. The van der Waals surface area contributed by atoms with Gasteiger partial charge in [-0.3, -0.25) is 19.9 Å². The average Bonchev–Trinajstić information content (AvgIpc) is 3.67. The van der Waals surface area contributed by atoms with Gasteiger partial charge in [0.25, 0.3) is 0 Å². The Balaban J connectivity index is 1.11. The largest absolute Gasteiger partial charge is 0.454 e. The molecule has 6 heterocycles. The minimum Gasteiger partial charge on any atom is -0.454 e. The summed E-state index contributed by atoms with van der Waals surface area (Å²) in [5.74, 6) is 0. The monoisotopic (exact) mass is 566 g/mol. The first kappa shape index (κ1) is 24.5. The molecule has 0 aliphatic carbocycles. The van der Waals surface area contributed by atoms with Crippen LogP contribution in [0.5, 0.6) is 0 Å². The zero-order valence-corrected chi connectivity index (χ0v) is 23.3. The number of fused-ring (bicyclic) bond motifs is 6. The van der Waals surface area contributed by atoms with Crippen LogP contribution >= 0.6 is 0 Å². The Labute approximate surface area is 251 Å². The molecule has 0 atom stereocenters. The molecule has 0 saturated carbocycles. The quantitative estimate of drug-likeness (QED) is 0.211. The summed E-state index contributed by atoms with van der Waals surface area (Å²) in [6.07, 6.45) is 11.0. The van der Waals surface area contributed by atoms with Crippen molar-refractivity contribution in [3.05, 3.63) is 134 Å². The number of aromatic nitrogens is 4. The van der Waals surface area contributed by atoms with Gasteiger partial charge in [-0.1, -0.05) is 48.5 Å². The molecular formula is C38H22N4O2. The van der Waals surface area contributed by atoms with Crippen molar-refractivity contribution < 1.29 is 8.83 Å². The molecule has 0 N–H and O–H groups in total. The van der Waals surface area contributed by atoms with Crippen molar-refractivity contribution >= 4 is 44.1 Å². The molecule has 9 aromatic rings. The van der Waals surface area contributed by atoms with E-state index in [9.17, 15) is 0 Å². The highest BCUT2D eigenvalue weighted by molar-refractivity contribution is 6.09. The summed E-state index contributed by atoms with van der Waals surface area (Å²) >= 11 is 0. The molecule has 0 amide bonds. The van der Waals surface area contributed by atoms with Gasteiger partial charge in [-0.15, -0.1) is 0 Å². The Kier molecular flexibility index (Phi) is 5.40. The van der Waals surface area contributed by atoms with E-state index >= 15 is 0 Å². The van der Waals surface area contributed by atoms with Crippen molar-refractivity contribution in [1.82, 2.24) is 19.9 Å². The van der Waals surface area contributed by atoms with Crippen LogP contribution in [0.3, 0.4) is 0 Å². The third-order valence-electron chi connectivity index (χ3n) is 8.20. The van der Waals surface area contributed by atoms with E-state index in [1.54, 1.807) is 12.4 Å². The topological polar surface area (TPSA) is 77.8 Å². The second kappa shape index (κ2) is 9.71. The summed E-state index contributed by atoms with van der Waals surface area (Å²) in [6, 6.07) is 32.9. The third kappa shape index (κ3) is 3.89. The first-order chi connectivity index (χ1) is 21.8. The van der Waals surface area contributed by atoms with Gasteiger partial charge in [0.2, 0.25) is 0 Å². The van der Waals surface area contributed by atoms with Crippen LogP contribution in [0.15, 0.2) is 143 Å². The highest BCUT2D eigenvalue weighted by atomic mass is 16.3. The fraction of sp³-hybridized carbons (Fsp3) is 0. The number of benzene rings is 3. The zero-order chi connectivity index (χ0) is 29.0. The predicted molar refractivity (Wildman–Crippen MR) is 174 cm³/mol. The van der Waals surface area contributed by atoms with Crippen molar-refractivity contribution in [3.8, 4) is 44.5 Å². The van der Waals surface area contributed by atoms with Crippen molar-refractivity contribution in [2.45, 2.75) is 0 Å². The molecule has 0 spiro atoms. The van der Waals surface area contributed by atoms with Gasteiger partial charge in [0.05, 0.1) is 0 Å².